The van der Waals surface area contributed by atoms with Crippen molar-refractivity contribution in [1.82, 2.24) is 15.5 Å². The van der Waals surface area contributed by atoms with Crippen LogP contribution >= 0.6 is 0 Å². The molecular weight excluding hydrogens is 430 g/mol. The van der Waals surface area contributed by atoms with Gasteiger partial charge in [0.25, 0.3) is 11.8 Å². The van der Waals surface area contributed by atoms with Gasteiger partial charge in [-0.1, -0.05) is 13.8 Å². The van der Waals surface area contributed by atoms with E-state index in [9.17, 15) is 19.2 Å². The van der Waals surface area contributed by atoms with E-state index in [-0.39, 0.29) is 23.9 Å². The van der Waals surface area contributed by atoms with E-state index in [1.54, 1.807) is 19.9 Å². The molecule has 0 fully saturated rings. The molecule has 0 aliphatic carbocycles. The summed E-state index contributed by atoms with van der Waals surface area (Å²) in [6.45, 7) is 8.25. The van der Waals surface area contributed by atoms with Gasteiger partial charge in [-0.25, -0.2) is 4.79 Å². The van der Waals surface area contributed by atoms with Crippen LogP contribution in [0.25, 0.3) is 0 Å². The van der Waals surface area contributed by atoms with Crippen molar-refractivity contribution in [3.63, 3.8) is 0 Å². The van der Waals surface area contributed by atoms with Gasteiger partial charge in [-0.15, -0.1) is 0 Å². The number of esters is 1. The summed E-state index contributed by atoms with van der Waals surface area (Å²) in [6.07, 6.45) is 0. The van der Waals surface area contributed by atoms with E-state index in [1.165, 1.54) is 38.3 Å². The third-order valence-corrected chi connectivity index (χ3v) is 4.48. The smallest absolute Gasteiger partial charge is 0.329 e. The lowest BCUT2D eigenvalue weighted by molar-refractivity contribution is -0.154. The number of methoxy groups -OCH3 is 2. The molecular formula is C23H35N3O7. The molecule has 0 radical (unpaired) electrons. The molecule has 1 aromatic carbocycles. The minimum Gasteiger partial charge on any atom is -0.497 e. The lowest BCUT2D eigenvalue weighted by Crippen LogP contribution is -2.48. The van der Waals surface area contributed by atoms with E-state index in [2.05, 4.69) is 10.6 Å². The molecule has 0 bridgehead atoms. The highest BCUT2D eigenvalue weighted by molar-refractivity contribution is 5.97. The zero-order chi connectivity index (χ0) is 25.3. The number of nitrogens with zero attached hydrogens (tertiary/aromatic N) is 1. The van der Waals surface area contributed by atoms with E-state index < -0.39 is 36.0 Å². The van der Waals surface area contributed by atoms with Gasteiger partial charge in [-0.3, -0.25) is 14.4 Å². The first-order chi connectivity index (χ1) is 15.3. The third-order valence-electron chi connectivity index (χ3n) is 4.48. The number of nitrogens with one attached hydrogen (secondary N) is 2. The van der Waals surface area contributed by atoms with Gasteiger partial charge < -0.3 is 29.7 Å². The lowest BCUT2D eigenvalue weighted by Gasteiger charge is -2.24. The summed E-state index contributed by atoms with van der Waals surface area (Å²) in [5, 5.41) is 5.38. The minimum absolute atomic E-state index is 0.171. The second kappa shape index (κ2) is 12.1. The average Bonchev–Trinajstić information content (AvgIpc) is 2.72. The molecule has 3 amide bonds. The fourth-order valence-corrected chi connectivity index (χ4v) is 2.76. The van der Waals surface area contributed by atoms with Crippen molar-refractivity contribution in [3.8, 4) is 11.5 Å². The van der Waals surface area contributed by atoms with Crippen molar-refractivity contribution >= 4 is 23.7 Å². The van der Waals surface area contributed by atoms with E-state index >= 15 is 0 Å². The Morgan fingerprint density at radius 3 is 2.00 bits per heavy atom. The molecule has 33 heavy (non-hydrogen) atoms. The second-order valence-electron chi connectivity index (χ2n) is 8.95. The highest BCUT2D eigenvalue weighted by Gasteiger charge is 2.28. The van der Waals surface area contributed by atoms with Gasteiger partial charge in [0.15, 0.2) is 6.61 Å². The molecule has 2 N–H and O–H groups in total. The summed E-state index contributed by atoms with van der Waals surface area (Å²) in [7, 11) is 4.37. The Bertz CT molecular complexity index is 840. The van der Waals surface area contributed by atoms with Crippen LogP contribution in [0.5, 0.6) is 11.5 Å². The van der Waals surface area contributed by atoms with E-state index in [4.69, 9.17) is 14.2 Å². The Morgan fingerprint density at radius 2 is 1.55 bits per heavy atom. The molecule has 1 atom stereocenters. The van der Waals surface area contributed by atoms with Crippen molar-refractivity contribution in [3.05, 3.63) is 23.8 Å². The Labute approximate surface area is 194 Å². The summed E-state index contributed by atoms with van der Waals surface area (Å²) in [5.74, 6) is -1.61. The number of ether oxygens (including phenoxy) is 3. The van der Waals surface area contributed by atoms with Gasteiger partial charge >= 0.3 is 5.97 Å². The molecule has 0 saturated heterocycles. The second-order valence-corrected chi connectivity index (χ2v) is 8.95. The van der Waals surface area contributed by atoms with Crippen molar-refractivity contribution in [2.75, 3.05) is 34.4 Å². The van der Waals surface area contributed by atoms with Crippen molar-refractivity contribution in [1.29, 1.82) is 0 Å². The predicted octanol–water partition coefficient (Wildman–Crippen LogP) is 1.37. The van der Waals surface area contributed by atoms with Crippen LogP contribution in [0.1, 0.15) is 45.0 Å². The molecule has 0 aromatic heterocycles. The molecule has 0 aliphatic heterocycles. The molecule has 0 heterocycles. The highest BCUT2D eigenvalue weighted by atomic mass is 16.5. The number of likely N-dealkylation sites (N-methyl/N-ethyl adjacent to an activating group) is 1. The maximum absolute atomic E-state index is 12.7. The predicted molar refractivity (Wildman–Crippen MR) is 122 cm³/mol. The highest BCUT2D eigenvalue weighted by Crippen LogP contribution is 2.22. The zero-order valence-corrected chi connectivity index (χ0v) is 20.6. The van der Waals surface area contributed by atoms with Gasteiger partial charge in [0.2, 0.25) is 5.91 Å². The summed E-state index contributed by atoms with van der Waals surface area (Å²) in [5.41, 5.74) is -0.187. The molecule has 0 saturated carbocycles. The first-order valence-electron chi connectivity index (χ1n) is 10.5. The lowest BCUT2D eigenvalue weighted by atomic mass is 10.0. The molecule has 0 unspecified atom stereocenters. The Balaban J connectivity index is 2.75. The van der Waals surface area contributed by atoms with Gasteiger partial charge in [-0.2, -0.15) is 0 Å². The van der Waals surface area contributed by atoms with Crippen LogP contribution in [0.4, 0.5) is 0 Å². The topological polar surface area (TPSA) is 123 Å². The first-order valence-corrected chi connectivity index (χ1v) is 10.5. The molecule has 0 spiro atoms. The van der Waals surface area contributed by atoms with Crippen LogP contribution in [0.15, 0.2) is 18.2 Å². The van der Waals surface area contributed by atoms with Crippen LogP contribution in [0.3, 0.4) is 0 Å². The van der Waals surface area contributed by atoms with Gasteiger partial charge in [0.05, 0.1) is 20.8 Å². The molecule has 0 aliphatic rings. The van der Waals surface area contributed by atoms with Crippen LogP contribution < -0.4 is 20.1 Å². The molecule has 1 rings (SSSR count). The SMILES string of the molecule is COc1cc(OC)cc(C(=O)N[C@H](C(=O)OCC(=O)N(C)CC(=O)NC(C)(C)C)C(C)C)c1. The number of benzene rings is 1. The maximum Gasteiger partial charge on any atom is 0.329 e. The van der Waals surface area contributed by atoms with E-state index in [0.29, 0.717) is 11.5 Å². The van der Waals surface area contributed by atoms with Crippen LogP contribution in [-0.4, -0.2) is 74.6 Å². The fraction of sp³-hybridized carbons (Fsp3) is 0.565. The molecule has 10 heteroatoms. The van der Waals surface area contributed by atoms with Gasteiger partial charge in [-0.05, 0) is 38.8 Å². The number of hydrogen-bond acceptors (Lipinski definition) is 7. The molecule has 1 aromatic rings. The quantitative estimate of drug-likeness (QED) is 0.500. The van der Waals surface area contributed by atoms with Crippen molar-refractivity contribution in [2.45, 2.75) is 46.2 Å². The number of hydrogen-bond donors (Lipinski definition) is 2. The van der Waals surface area contributed by atoms with Crippen molar-refractivity contribution < 1.29 is 33.4 Å². The van der Waals surface area contributed by atoms with E-state index in [1.807, 2.05) is 20.8 Å². The number of carbonyl (C=O) groups is 4. The summed E-state index contributed by atoms with van der Waals surface area (Å²) >= 11 is 0. The van der Waals surface area contributed by atoms with E-state index in [0.717, 1.165) is 0 Å². The normalized spacial score (nSPS) is 11.9. The minimum atomic E-state index is -0.989. The number of amides is 3. The monoisotopic (exact) mass is 465 g/mol. The van der Waals surface area contributed by atoms with Crippen LogP contribution in [0, 0.1) is 5.92 Å². The molecule has 184 valence electrons. The Hall–Kier alpha value is -3.30. The summed E-state index contributed by atoms with van der Waals surface area (Å²) in [4.78, 5) is 50.8. The van der Waals surface area contributed by atoms with Gasteiger partial charge in [0.1, 0.15) is 17.5 Å². The standard InChI is InChI=1S/C23H35N3O7/c1-14(2)20(24-21(29)15-9-16(31-7)11-17(10-15)32-8)22(30)33-13-19(28)26(6)12-18(27)25-23(3,4)5/h9-11,14,20H,12-13H2,1-8H3,(H,24,29)(H,25,27)/t20-/m0/s1. The number of carbonyl (C=O) groups excluding carboxylic acids is 4. The first kappa shape index (κ1) is 27.7. The van der Waals surface area contributed by atoms with Crippen LogP contribution in [-0.2, 0) is 19.1 Å². The van der Waals surface area contributed by atoms with Crippen LogP contribution in [0.2, 0.25) is 0 Å². The largest absolute Gasteiger partial charge is 0.497 e. The Morgan fingerprint density at radius 1 is 1.00 bits per heavy atom. The third kappa shape index (κ3) is 9.38. The summed E-state index contributed by atoms with van der Waals surface area (Å²) < 4.78 is 15.5. The van der Waals surface area contributed by atoms with Crippen molar-refractivity contribution in [2.24, 2.45) is 5.92 Å². The fourth-order valence-electron chi connectivity index (χ4n) is 2.76. The number of rotatable bonds is 10. The Kier molecular flexibility index (Phi) is 10.2. The van der Waals surface area contributed by atoms with Gasteiger partial charge in [0, 0.05) is 24.2 Å². The summed E-state index contributed by atoms with van der Waals surface area (Å²) in [6, 6.07) is 3.66. The molecule has 10 nitrogen and oxygen atoms in total. The zero-order valence-electron chi connectivity index (χ0n) is 20.6. The average molecular weight is 466 g/mol. The maximum atomic E-state index is 12.7.